The minimum absolute atomic E-state index is 0.231. The smallest absolute Gasteiger partial charge is 0.251 e. The summed E-state index contributed by atoms with van der Waals surface area (Å²) in [5.41, 5.74) is 3.10. The van der Waals surface area contributed by atoms with E-state index < -0.39 is 0 Å². The van der Waals surface area contributed by atoms with Gasteiger partial charge in [0.25, 0.3) is 5.91 Å². The van der Waals surface area contributed by atoms with Crippen LogP contribution in [0.15, 0.2) is 36.7 Å². The number of hydrogen-bond donors (Lipinski definition) is 1. The van der Waals surface area contributed by atoms with E-state index in [1.807, 2.05) is 23.7 Å². The van der Waals surface area contributed by atoms with E-state index in [-0.39, 0.29) is 5.91 Å². The first-order chi connectivity index (χ1) is 12.0. The van der Waals surface area contributed by atoms with Crippen molar-refractivity contribution >= 4 is 28.5 Å². The van der Waals surface area contributed by atoms with Crippen molar-refractivity contribution in [3.05, 3.63) is 52.8 Å². The molecular weight excluding hydrogens is 342 g/mol. The normalized spacial score (nSPS) is 10.7. The molecule has 25 heavy (non-hydrogen) atoms. The van der Waals surface area contributed by atoms with Crippen molar-refractivity contribution in [3.63, 3.8) is 0 Å². The lowest BCUT2D eigenvalue weighted by Gasteiger charge is -2.12. The Bertz CT molecular complexity index is 937. The Morgan fingerprint density at radius 2 is 1.92 bits per heavy atom. The molecule has 1 N–H and O–H groups in total. The third kappa shape index (κ3) is 3.25. The van der Waals surface area contributed by atoms with Crippen LogP contribution in [0.2, 0.25) is 5.02 Å². The van der Waals surface area contributed by atoms with E-state index in [0.717, 1.165) is 16.6 Å². The number of imidazole rings is 1. The Morgan fingerprint density at radius 1 is 1.20 bits per heavy atom. The van der Waals surface area contributed by atoms with Crippen LogP contribution >= 0.6 is 11.6 Å². The number of hydrogen-bond acceptors (Lipinski definition) is 4. The number of halogens is 1. The van der Waals surface area contributed by atoms with E-state index >= 15 is 0 Å². The maximum atomic E-state index is 12.5. The molecule has 0 bridgehead atoms. The lowest BCUT2D eigenvalue weighted by Crippen LogP contribution is -2.23. The Labute approximate surface area is 150 Å². The van der Waals surface area contributed by atoms with Crippen molar-refractivity contribution in [2.45, 2.75) is 6.54 Å². The van der Waals surface area contributed by atoms with Gasteiger partial charge in [-0.05, 0) is 30.3 Å². The average molecular weight is 360 g/mol. The van der Waals surface area contributed by atoms with Crippen LogP contribution in [-0.4, -0.2) is 29.7 Å². The molecule has 7 heteroatoms. The number of methoxy groups -OCH3 is 2. The quantitative estimate of drug-likeness (QED) is 0.760. The SMILES string of the molecule is COc1ccc(C(=O)NCc2c(OC)ccc3ncn(C)c23)cc1Cl. The molecule has 0 aliphatic carbocycles. The monoisotopic (exact) mass is 359 g/mol. The fraction of sp³-hybridized carbons (Fsp3) is 0.222. The molecule has 3 rings (SSSR count). The first-order valence-corrected chi connectivity index (χ1v) is 8.01. The topological polar surface area (TPSA) is 65.4 Å². The number of rotatable bonds is 5. The molecule has 0 fully saturated rings. The van der Waals surface area contributed by atoms with Gasteiger partial charge in [-0.2, -0.15) is 0 Å². The number of amides is 1. The zero-order chi connectivity index (χ0) is 18.0. The molecule has 130 valence electrons. The highest BCUT2D eigenvalue weighted by Crippen LogP contribution is 2.28. The molecule has 0 atom stereocenters. The van der Waals surface area contributed by atoms with Gasteiger partial charge >= 0.3 is 0 Å². The molecular formula is C18H18ClN3O3. The lowest BCUT2D eigenvalue weighted by atomic mass is 10.1. The van der Waals surface area contributed by atoms with Crippen molar-refractivity contribution < 1.29 is 14.3 Å². The summed E-state index contributed by atoms with van der Waals surface area (Å²) in [6.07, 6.45) is 1.73. The second-order valence-corrected chi connectivity index (χ2v) is 5.91. The van der Waals surface area contributed by atoms with Crippen LogP contribution in [0.25, 0.3) is 11.0 Å². The highest BCUT2D eigenvalue weighted by molar-refractivity contribution is 6.32. The number of aromatic nitrogens is 2. The van der Waals surface area contributed by atoms with Crippen molar-refractivity contribution in [1.29, 1.82) is 0 Å². The maximum absolute atomic E-state index is 12.5. The second kappa shape index (κ2) is 7.03. The minimum atomic E-state index is -0.231. The van der Waals surface area contributed by atoms with Gasteiger partial charge in [0.05, 0.1) is 36.6 Å². The van der Waals surface area contributed by atoms with Gasteiger partial charge < -0.3 is 19.4 Å². The molecule has 3 aromatic rings. The van der Waals surface area contributed by atoms with Gasteiger partial charge in [-0.25, -0.2) is 4.98 Å². The van der Waals surface area contributed by atoms with Gasteiger partial charge in [-0.1, -0.05) is 11.6 Å². The van der Waals surface area contributed by atoms with Gasteiger partial charge in [0, 0.05) is 24.7 Å². The summed E-state index contributed by atoms with van der Waals surface area (Å²) in [4.78, 5) is 16.8. The van der Waals surface area contributed by atoms with Gasteiger partial charge in [-0.3, -0.25) is 4.79 Å². The Kier molecular flexibility index (Phi) is 4.81. The zero-order valence-corrected chi connectivity index (χ0v) is 14.9. The van der Waals surface area contributed by atoms with Crippen molar-refractivity contribution in [3.8, 4) is 11.5 Å². The first-order valence-electron chi connectivity index (χ1n) is 7.63. The molecule has 1 aromatic heterocycles. The van der Waals surface area contributed by atoms with Crippen LogP contribution in [0.5, 0.6) is 11.5 Å². The summed E-state index contributed by atoms with van der Waals surface area (Å²) in [7, 11) is 5.04. The maximum Gasteiger partial charge on any atom is 0.251 e. The van der Waals surface area contributed by atoms with Crippen LogP contribution in [0, 0.1) is 0 Å². The molecule has 0 aliphatic heterocycles. The number of carbonyl (C=O) groups excluding carboxylic acids is 1. The molecule has 0 saturated heterocycles. The summed E-state index contributed by atoms with van der Waals surface area (Å²) in [6, 6.07) is 8.66. The number of fused-ring (bicyclic) bond motifs is 1. The fourth-order valence-corrected chi connectivity index (χ4v) is 3.01. The number of benzene rings is 2. The summed E-state index contributed by atoms with van der Waals surface area (Å²) in [5.74, 6) is 0.995. The number of aryl methyl sites for hydroxylation is 1. The molecule has 0 unspecified atom stereocenters. The number of nitrogens with zero attached hydrogens (tertiary/aromatic N) is 2. The van der Waals surface area contributed by atoms with E-state index in [1.54, 1.807) is 31.6 Å². The number of carbonyl (C=O) groups is 1. The van der Waals surface area contributed by atoms with Crippen LogP contribution in [0.3, 0.4) is 0 Å². The molecule has 0 radical (unpaired) electrons. The van der Waals surface area contributed by atoms with Crippen molar-refractivity contribution in [2.24, 2.45) is 7.05 Å². The van der Waals surface area contributed by atoms with E-state index in [2.05, 4.69) is 10.3 Å². The summed E-state index contributed by atoms with van der Waals surface area (Å²) >= 11 is 6.09. The minimum Gasteiger partial charge on any atom is -0.496 e. The largest absolute Gasteiger partial charge is 0.496 e. The molecule has 0 saturated carbocycles. The fourth-order valence-electron chi connectivity index (χ4n) is 2.75. The van der Waals surface area contributed by atoms with Gasteiger partial charge in [0.1, 0.15) is 11.5 Å². The van der Waals surface area contributed by atoms with E-state index in [1.165, 1.54) is 7.11 Å². The van der Waals surface area contributed by atoms with Crippen LogP contribution < -0.4 is 14.8 Å². The second-order valence-electron chi connectivity index (χ2n) is 5.50. The summed E-state index contributed by atoms with van der Waals surface area (Å²) < 4.78 is 12.4. The Balaban J connectivity index is 1.86. The summed E-state index contributed by atoms with van der Waals surface area (Å²) in [5, 5.41) is 3.29. The molecule has 0 aliphatic rings. The predicted octanol–water partition coefficient (Wildman–Crippen LogP) is 3.17. The standard InChI is InChI=1S/C18H18ClN3O3/c1-22-10-21-14-5-7-15(24-2)12(17(14)22)9-20-18(23)11-4-6-16(25-3)13(19)8-11/h4-8,10H,9H2,1-3H3,(H,20,23). The highest BCUT2D eigenvalue weighted by Gasteiger charge is 2.15. The number of nitrogens with one attached hydrogen (secondary N) is 1. The molecule has 2 aromatic carbocycles. The third-order valence-electron chi connectivity index (χ3n) is 4.00. The van der Waals surface area contributed by atoms with Crippen LogP contribution in [0.4, 0.5) is 0 Å². The Morgan fingerprint density at radius 3 is 2.60 bits per heavy atom. The highest BCUT2D eigenvalue weighted by atomic mass is 35.5. The van der Waals surface area contributed by atoms with Crippen molar-refractivity contribution in [2.75, 3.05) is 14.2 Å². The van der Waals surface area contributed by atoms with Gasteiger partial charge in [0.15, 0.2) is 0 Å². The molecule has 0 spiro atoms. The number of ether oxygens (including phenoxy) is 2. The lowest BCUT2D eigenvalue weighted by molar-refractivity contribution is 0.0951. The molecule has 1 amide bonds. The zero-order valence-electron chi connectivity index (χ0n) is 14.2. The van der Waals surface area contributed by atoms with Crippen molar-refractivity contribution in [1.82, 2.24) is 14.9 Å². The third-order valence-corrected chi connectivity index (χ3v) is 4.30. The molecule has 1 heterocycles. The van der Waals surface area contributed by atoms with Crippen LogP contribution in [0.1, 0.15) is 15.9 Å². The van der Waals surface area contributed by atoms with Gasteiger partial charge in [-0.15, -0.1) is 0 Å². The van der Waals surface area contributed by atoms with E-state index in [0.29, 0.717) is 28.6 Å². The predicted molar refractivity (Wildman–Crippen MR) is 96.4 cm³/mol. The van der Waals surface area contributed by atoms with Gasteiger partial charge in [0.2, 0.25) is 0 Å². The van der Waals surface area contributed by atoms with E-state index in [4.69, 9.17) is 21.1 Å². The average Bonchev–Trinajstić information content (AvgIpc) is 3.00. The Hall–Kier alpha value is -2.73. The van der Waals surface area contributed by atoms with E-state index in [9.17, 15) is 4.79 Å². The van der Waals surface area contributed by atoms with Crippen LogP contribution in [-0.2, 0) is 13.6 Å². The first kappa shape index (κ1) is 17.1. The summed E-state index contributed by atoms with van der Waals surface area (Å²) in [6.45, 7) is 0.308. The molecule has 6 nitrogen and oxygen atoms in total.